The van der Waals surface area contributed by atoms with E-state index in [9.17, 15) is 9.50 Å². The summed E-state index contributed by atoms with van der Waals surface area (Å²) in [5.41, 5.74) is 6.07. The Morgan fingerprint density at radius 2 is 1.72 bits per heavy atom. The number of aromatic nitrogens is 6. The fraction of sp³-hybridized carbons (Fsp3) is 0. The van der Waals surface area contributed by atoms with Crippen LogP contribution < -0.4 is 0 Å². The summed E-state index contributed by atoms with van der Waals surface area (Å²) in [5, 5.41) is 19.0. The second-order valence-corrected chi connectivity index (χ2v) is 7.46. The van der Waals surface area contributed by atoms with Gasteiger partial charge in [-0.25, -0.2) is 4.39 Å². The van der Waals surface area contributed by atoms with Gasteiger partial charge in [0, 0.05) is 34.3 Å². The molecular formula is C24H15FN6O. The predicted molar refractivity (Wildman–Crippen MR) is 119 cm³/mol. The highest BCUT2D eigenvalue weighted by Crippen LogP contribution is 2.34. The second-order valence-electron chi connectivity index (χ2n) is 7.46. The third-order valence-electron chi connectivity index (χ3n) is 5.40. The fourth-order valence-electron chi connectivity index (χ4n) is 3.91. The molecule has 0 radical (unpaired) electrons. The molecule has 5 aromatic heterocycles. The molecule has 0 saturated carbocycles. The molecule has 0 saturated heterocycles. The Morgan fingerprint density at radius 1 is 0.812 bits per heavy atom. The minimum absolute atomic E-state index is 0.0739. The molecule has 0 aliphatic rings. The molecule has 0 aliphatic heterocycles. The normalized spacial score (nSPS) is 11.4. The van der Waals surface area contributed by atoms with Crippen molar-refractivity contribution in [2.75, 3.05) is 0 Å². The molecule has 0 unspecified atom stereocenters. The number of hydrogen-bond acceptors (Lipinski definition) is 5. The van der Waals surface area contributed by atoms with Crippen LogP contribution in [0.5, 0.6) is 5.75 Å². The highest BCUT2D eigenvalue weighted by Gasteiger charge is 2.15. The van der Waals surface area contributed by atoms with Crippen LogP contribution in [0.1, 0.15) is 0 Å². The van der Waals surface area contributed by atoms with Crippen molar-refractivity contribution in [2.24, 2.45) is 0 Å². The van der Waals surface area contributed by atoms with Crippen LogP contribution in [0.15, 0.2) is 73.4 Å². The monoisotopic (exact) mass is 422 g/mol. The van der Waals surface area contributed by atoms with Gasteiger partial charge in [0.2, 0.25) is 0 Å². The average molecular weight is 422 g/mol. The van der Waals surface area contributed by atoms with E-state index in [1.165, 1.54) is 18.3 Å². The van der Waals surface area contributed by atoms with Crippen molar-refractivity contribution in [1.82, 2.24) is 30.1 Å². The standard InChI is InChI=1S/C24H15FN6O/c25-15-3-1-2-13(4-15)19-10-27-11-22-17(19)6-21(29-22)24-18-7-20(28-12-23(18)30-31-24)14-5-16(32)9-26-8-14/h1-12,29,32H,(H,30,31). The predicted octanol–water partition coefficient (Wildman–Crippen LogP) is 5.07. The zero-order valence-corrected chi connectivity index (χ0v) is 16.5. The van der Waals surface area contributed by atoms with Gasteiger partial charge in [0.25, 0.3) is 0 Å². The molecule has 7 nitrogen and oxygen atoms in total. The van der Waals surface area contributed by atoms with Crippen molar-refractivity contribution >= 4 is 21.8 Å². The van der Waals surface area contributed by atoms with Gasteiger partial charge in [-0.2, -0.15) is 5.10 Å². The van der Waals surface area contributed by atoms with E-state index in [0.717, 1.165) is 44.3 Å². The van der Waals surface area contributed by atoms with Crippen LogP contribution in [0.4, 0.5) is 4.39 Å². The van der Waals surface area contributed by atoms with Gasteiger partial charge in [-0.05, 0) is 35.9 Å². The molecule has 32 heavy (non-hydrogen) atoms. The Kier molecular flexibility index (Phi) is 3.97. The van der Waals surface area contributed by atoms with Gasteiger partial charge in [-0.3, -0.25) is 20.1 Å². The first-order valence-electron chi connectivity index (χ1n) is 9.87. The number of pyridine rings is 3. The number of nitrogens with zero attached hydrogens (tertiary/aromatic N) is 4. The molecule has 0 aliphatic carbocycles. The lowest BCUT2D eigenvalue weighted by molar-refractivity contribution is 0.473. The number of H-pyrrole nitrogens is 2. The molecule has 0 bridgehead atoms. The first kappa shape index (κ1) is 18.2. The van der Waals surface area contributed by atoms with Crippen LogP contribution >= 0.6 is 0 Å². The van der Waals surface area contributed by atoms with Crippen LogP contribution in [0, 0.1) is 5.82 Å². The lowest BCUT2D eigenvalue weighted by Gasteiger charge is -2.02. The largest absolute Gasteiger partial charge is 0.506 e. The van der Waals surface area contributed by atoms with Gasteiger partial charge < -0.3 is 10.1 Å². The minimum Gasteiger partial charge on any atom is -0.506 e. The molecule has 1 aromatic carbocycles. The van der Waals surface area contributed by atoms with E-state index in [2.05, 4.69) is 30.1 Å². The minimum atomic E-state index is -0.296. The topological polar surface area (TPSA) is 103 Å². The quantitative estimate of drug-likeness (QED) is 0.369. The van der Waals surface area contributed by atoms with E-state index in [1.807, 2.05) is 18.2 Å². The van der Waals surface area contributed by atoms with Gasteiger partial charge in [0.05, 0.1) is 41.0 Å². The van der Waals surface area contributed by atoms with Crippen LogP contribution in [0.2, 0.25) is 0 Å². The zero-order chi connectivity index (χ0) is 21.7. The van der Waals surface area contributed by atoms with Crippen LogP contribution in [-0.2, 0) is 0 Å². The number of rotatable bonds is 3. The Morgan fingerprint density at radius 3 is 2.59 bits per heavy atom. The third kappa shape index (κ3) is 2.97. The Balaban J connectivity index is 1.51. The third-order valence-corrected chi connectivity index (χ3v) is 5.40. The summed E-state index contributed by atoms with van der Waals surface area (Å²) in [6, 6.07) is 12.0. The van der Waals surface area contributed by atoms with Crippen molar-refractivity contribution in [1.29, 1.82) is 0 Å². The summed E-state index contributed by atoms with van der Waals surface area (Å²) in [6.07, 6.45) is 8.19. The molecular weight excluding hydrogens is 407 g/mol. The van der Waals surface area contributed by atoms with Crippen LogP contribution in [-0.4, -0.2) is 35.2 Å². The first-order valence-corrected chi connectivity index (χ1v) is 9.87. The molecule has 154 valence electrons. The van der Waals surface area contributed by atoms with E-state index in [0.29, 0.717) is 11.3 Å². The van der Waals surface area contributed by atoms with Crippen molar-refractivity contribution < 1.29 is 9.50 Å². The van der Waals surface area contributed by atoms with Gasteiger partial charge in [-0.15, -0.1) is 0 Å². The maximum absolute atomic E-state index is 13.8. The van der Waals surface area contributed by atoms with Gasteiger partial charge >= 0.3 is 0 Å². The van der Waals surface area contributed by atoms with Gasteiger partial charge in [-0.1, -0.05) is 12.1 Å². The molecule has 3 N–H and O–H groups in total. The van der Waals surface area contributed by atoms with Crippen LogP contribution in [0.25, 0.3) is 55.6 Å². The molecule has 0 atom stereocenters. The molecule has 5 heterocycles. The number of halogens is 1. The maximum atomic E-state index is 13.8. The smallest absolute Gasteiger partial charge is 0.134 e. The van der Waals surface area contributed by atoms with E-state index >= 15 is 0 Å². The van der Waals surface area contributed by atoms with E-state index < -0.39 is 0 Å². The second kappa shape index (κ2) is 6.98. The number of nitrogens with one attached hydrogen (secondary N) is 2. The number of fused-ring (bicyclic) bond motifs is 2. The summed E-state index contributed by atoms with van der Waals surface area (Å²) in [6.45, 7) is 0. The summed E-state index contributed by atoms with van der Waals surface area (Å²) < 4.78 is 13.8. The van der Waals surface area contributed by atoms with Crippen molar-refractivity contribution in [3.8, 4) is 39.5 Å². The summed E-state index contributed by atoms with van der Waals surface area (Å²) in [4.78, 5) is 16.2. The number of aromatic hydroxyl groups is 1. The lowest BCUT2D eigenvalue weighted by Crippen LogP contribution is -1.85. The fourth-order valence-corrected chi connectivity index (χ4v) is 3.91. The van der Waals surface area contributed by atoms with E-state index in [-0.39, 0.29) is 11.6 Å². The number of benzene rings is 1. The first-order chi connectivity index (χ1) is 15.7. The molecule has 0 spiro atoms. The highest BCUT2D eigenvalue weighted by atomic mass is 19.1. The summed E-state index contributed by atoms with van der Waals surface area (Å²) >= 11 is 0. The van der Waals surface area contributed by atoms with Crippen LogP contribution in [0.3, 0.4) is 0 Å². The average Bonchev–Trinajstić information content (AvgIpc) is 3.42. The molecule has 0 amide bonds. The van der Waals surface area contributed by atoms with Gasteiger partial charge in [0.15, 0.2) is 0 Å². The van der Waals surface area contributed by atoms with E-state index in [4.69, 9.17) is 0 Å². The van der Waals surface area contributed by atoms with E-state index in [1.54, 1.807) is 36.9 Å². The molecule has 6 rings (SSSR count). The van der Waals surface area contributed by atoms with Crippen molar-refractivity contribution in [3.05, 3.63) is 79.3 Å². The zero-order valence-electron chi connectivity index (χ0n) is 16.5. The maximum Gasteiger partial charge on any atom is 0.134 e. The summed E-state index contributed by atoms with van der Waals surface area (Å²) in [7, 11) is 0. The Hall–Kier alpha value is -4.59. The molecule has 0 fully saturated rings. The molecule has 8 heteroatoms. The SMILES string of the molecule is Oc1cncc(-c2cc3c(-c4cc5c(-c6cccc(F)c6)cncc5[nH]4)n[nH]c3cn2)c1. The summed E-state index contributed by atoms with van der Waals surface area (Å²) in [5.74, 6) is -0.222. The number of aromatic amines is 2. The van der Waals surface area contributed by atoms with Crippen molar-refractivity contribution in [2.45, 2.75) is 0 Å². The lowest BCUT2D eigenvalue weighted by atomic mass is 10.0. The Bertz CT molecular complexity index is 1620. The molecule has 6 aromatic rings. The Labute approximate surface area is 180 Å². The van der Waals surface area contributed by atoms with Gasteiger partial charge in [0.1, 0.15) is 17.3 Å². The number of hydrogen-bond donors (Lipinski definition) is 3. The van der Waals surface area contributed by atoms with Crippen molar-refractivity contribution in [3.63, 3.8) is 0 Å². The highest BCUT2D eigenvalue weighted by molar-refractivity contribution is 6.01.